The molecule has 0 atom stereocenters. The smallest absolute Gasteiger partial charge is 0.153 e. The van der Waals surface area contributed by atoms with Crippen LogP contribution < -0.4 is 5.32 Å². The largest absolute Gasteiger partial charge is 0.322 e. The van der Waals surface area contributed by atoms with E-state index in [1.165, 1.54) is 0 Å². The minimum atomic E-state index is 0.543. The zero-order valence-electron chi connectivity index (χ0n) is 9.10. The molecule has 0 aliphatic carbocycles. The lowest BCUT2D eigenvalue weighted by Crippen LogP contribution is -1.99. The standard InChI is InChI=1S/C11H11N5/c1-8-3-5-13-11(9(8)7-12)14-10-4-6-16(2)15-10/h3-6H,1-2H3,(H,13,14,15). The minimum absolute atomic E-state index is 0.543. The van der Waals surface area contributed by atoms with Crippen molar-refractivity contribution in [2.45, 2.75) is 6.92 Å². The molecule has 0 amide bonds. The zero-order valence-corrected chi connectivity index (χ0v) is 9.10. The Hall–Kier alpha value is -2.35. The monoisotopic (exact) mass is 213 g/mol. The number of rotatable bonds is 2. The summed E-state index contributed by atoms with van der Waals surface area (Å²) in [5.41, 5.74) is 1.45. The Kier molecular flexibility index (Phi) is 2.56. The third-order valence-electron chi connectivity index (χ3n) is 2.23. The highest BCUT2D eigenvalue weighted by Gasteiger charge is 2.07. The maximum absolute atomic E-state index is 9.03. The Labute approximate surface area is 93.4 Å². The molecule has 2 heterocycles. The van der Waals surface area contributed by atoms with Crippen molar-refractivity contribution in [2.24, 2.45) is 7.05 Å². The van der Waals surface area contributed by atoms with E-state index in [2.05, 4.69) is 21.5 Å². The van der Waals surface area contributed by atoms with Gasteiger partial charge in [0.1, 0.15) is 11.9 Å². The first-order valence-corrected chi connectivity index (χ1v) is 4.83. The molecule has 5 heteroatoms. The highest BCUT2D eigenvalue weighted by molar-refractivity contribution is 5.61. The summed E-state index contributed by atoms with van der Waals surface area (Å²) in [5, 5.41) is 16.2. The van der Waals surface area contributed by atoms with Crippen LogP contribution >= 0.6 is 0 Å². The van der Waals surface area contributed by atoms with Crippen molar-refractivity contribution < 1.29 is 0 Å². The van der Waals surface area contributed by atoms with Gasteiger partial charge in [-0.25, -0.2) is 4.98 Å². The van der Waals surface area contributed by atoms with Crippen LogP contribution in [0.1, 0.15) is 11.1 Å². The summed E-state index contributed by atoms with van der Waals surface area (Å²) in [7, 11) is 1.83. The van der Waals surface area contributed by atoms with Gasteiger partial charge in [-0.2, -0.15) is 10.4 Å². The fourth-order valence-corrected chi connectivity index (χ4v) is 1.40. The maximum atomic E-state index is 9.03. The number of pyridine rings is 1. The van der Waals surface area contributed by atoms with Crippen LogP contribution in [0, 0.1) is 18.3 Å². The van der Waals surface area contributed by atoms with E-state index in [1.54, 1.807) is 10.9 Å². The van der Waals surface area contributed by atoms with Crippen LogP contribution in [0.15, 0.2) is 24.5 Å². The second-order valence-electron chi connectivity index (χ2n) is 3.46. The average molecular weight is 213 g/mol. The summed E-state index contributed by atoms with van der Waals surface area (Å²) in [5.74, 6) is 1.22. The van der Waals surface area contributed by atoms with Gasteiger partial charge >= 0.3 is 0 Å². The second kappa shape index (κ2) is 4.03. The van der Waals surface area contributed by atoms with E-state index in [1.807, 2.05) is 32.3 Å². The molecule has 0 aliphatic heterocycles. The molecule has 0 saturated carbocycles. The van der Waals surface area contributed by atoms with Crippen molar-refractivity contribution in [1.29, 1.82) is 5.26 Å². The lowest BCUT2D eigenvalue weighted by molar-refractivity contribution is 0.771. The molecule has 2 rings (SSSR count). The van der Waals surface area contributed by atoms with Crippen LogP contribution in [0.5, 0.6) is 0 Å². The van der Waals surface area contributed by atoms with Crippen molar-refractivity contribution in [2.75, 3.05) is 5.32 Å². The predicted octanol–water partition coefficient (Wildman–Crippen LogP) is 1.74. The molecule has 0 spiro atoms. The van der Waals surface area contributed by atoms with Crippen LogP contribution in [-0.2, 0) is 7.05 Å². The summed E-state index contributed by atoms with van der Waals surface area (Å²) in [6.07, 6.45) is 3.49. The van der Waals surface area contributed by atoms with Crippen LogP contribution in [0.3, 0.4) is 0 Å². The van der Waals surface area contributed by atoms with Gasteiger partial charge in [0.15, 0.2) is 5.82 Å². The number of nitrogens with one attached hydrogen (secondary N) is 1. The summed E-state index contributed by atoms with van der Waals surface area (Å²) in [4.78, 5) is 4.13. The van der Waals surface area contributed by atoms with Gasteiger partial charge in [0.2, 0.25) is 0 Å². The van der Waals surface area contributed by atoms with E-state index in [0.29, 0.717) is 17.2 Å². The molecule has 1 N–H and O–H groups in total. The van der Waals surface area contributed by atoms with Gasteiger partial charge in [0, 0.05) is 25.5 Å². The molecule has 0 aliphatic rings. The van der Waals surface area contributed by atoms with Gasteiger partial charge in [0.05, 0.1) is 5.56 Å². The average Bonchev–Trinajstić information content (AvgIpc) is 2.64. The second-order valence-corrected chi connectivity index (χ2v) is 3.46. The molecule has 0 unspecified atom stereocenters. The quantitative estimate of drug-likeness (QED) is 0.825. The third-order valence-corrected chi connectivity index (χ3v) is 2.23. The molecule has 80 valence electrons. The predicted molar refractivity (Wildman–Crippen MR) is 60.2 cm³/mol. The molecule has 0 fully saturated rings. The Morgan fingerprint density at radius 2 is 2.25 bits per heavy atom. The van der Waals surface area contributed by atoms with Crippen LogP contribution in [-0.4, -0.2) is 14.8 Å². The zero-order chi connectivity index (χ0) is 11.5. The van der Waals surface area contributed by atoms with Crippen molar-refractivity contribution in [3.63, 3.8) is 0 Å². The molecule has 0 radical (unpaired) electrons. The summed E-state index contributed by atoms with van der Waals surface area (Å²) >= 11 is 0. The van der Waals surface area contributed by atoms with Crippen LogP contribution in [0.4, 0.5) is 11.6 Å². The first-order chi connectivity index (χ1) is 7.70. The van der Waals surface area contributed by atoms with E-state index in [-0.39, 0.29) is 0 Å². The lowest BCUT2D eigenvalue weighted by Gasteiger charge is -2.05. The van der Waals surface area contributed by atoms with Gasteiger partial charge in [-0.1, -0.05) is 0 Å². The van der Waals surface area contributed by atoms with Crippen molar-refractivity contribution in [3.8, 4) is 6.07 Å². The first kappa shape index (κ1) is 10.2. The number of hydrogen-bond donors (Lipinski definition) is 1. The van der Waals surface area contributed by atoms with Gasteiger partial charge in [-0.15, -0.1) is 0 Å². The third kappa shape index (κ3) is 1.86. The summed E-state index contributed by atoms with van der Waals surface area (Å²) in [6, 6.07) is 5.76. The Bertz CT molecular complexity index is 550. The van der Waals surface area contributed by atoms with Crippen molar-refractivity contribution in [1.82, 2.24) is 14.8 Å². The van der Waals surface area contributed by atoms with Crippen LogP contribution in [0.25, 0.3) is 0 Å². The van der Waals surface area contributed by atoms with Gasteiger partial charge < -0.3 is 5.32 Å². The summed E-state index contributed by atoms with van der Waals surface area (Å²) < 4.78 is 1.68. The highest BCUT2D eigenvalue weighted by Crippen LogP contribution is 2.18. The van der Waals surface area contributed by atoms with E-state index in [9.17, 15) is 0 Å². The summed E-state index contributed by atoms with van der Waals surface area (Å²) in [6.45, 7) is 1.88. The van der Waals surface area contributed by atoms with E-state index in [4.69, 9.17) is 5.26 Å². The molecule has 16 heavy (non-hydrogen) atoms. The Balaban J connectivity index is 2.35. The maximum Gasteiger partial charge on any atom is 0.153 e. The minimum Gasteiger partial charge on any atom is -0.322 e. The van der Waals surface area contributed by atoms with E-state index in [0.717, 1.165) is 5.56 Å². The molecule has 0 aromatic carbocycles. The molecular formula is C11H11N5. The fourth-order valence-electron chi connectivity index (χ4n) is 1.40. The molecule has 0 bridgehead atoms. The van der Waals surface area contributed by atoms with Gasteiger partial charge in [0.25, 0.3) is 0 Å². The molecule has 5 nitrogen and oxygen atoms in total. The normalized spacial score (nSPS) is 9.81. The van der Waals surface area contributed by atoms with E-state index >= 15 is 0 Å². The van der Waals surface area contributed by atoms with Gasteiger partial charge in [-0.3, -0.25) is 4.68 Å². The molecule has 0 saturated heterocycles. The molecular weight excluding hydrogens is 202 g/mol. The fraction of sp³-hybridized carbons (Fsp3) is 0.182. The Morgan fingerprint density at radius 3 is 2.88 bits per heavy atom. The Morgan fingerprint density at radius 1 is 1.44 bits per heavy atom. The molecule has 2 aromatic heterocycles. The lowest BCUT2D eigenvalue weighted by atomic mass is 10.1. The number of nitrogens with zero attached hydrogens (tertiary/aromatic N) is 4. The number of hydrogen-bond acceptors (Lipinski definition) is 4. The molecule has 2 aromatic rings. The number of anilines is 2. The van der Waals surface area contributed by atoms with Crippen molar-refractivity contribution in [3.05, 3.63) is 35.7 Å². The number of aryl methyl sites for hydroxylation is 2. The number of nitriles is 1. The van der Waals surface area contributed by atoms with Crippen molar-refractivity contribution >= 4 is 11.6 Å². The van der Waals surface area contributed by atoms with E-state index < -0.39 is 0 Å². The number of aromatic nitrogens is 3. The van der Waals surface area contributed by atoms with Gasteiger partial charge in [-0.05, 0) is 18.6 Å². The first-order valence-electron chi connectivity index (χ1n) is 4.83. The topological polar surface area (TPSA) is 66.5 Å². The highest BCUT2D eigenvalue weighted by atomic mass is 15.3. The SMILES string of the molecule is Cc1ccnc(Nc2ccn(C)n2)c1C#N. The van der Waals surface area contributed by atoms with Crippen LogP contribution in [0.2, 0.25) is 0 Å².